The minimum absolute atomic E-state index is 0.319. The fraction of sp³-hybridized carbons (Fsp3) is 0.143. The van der Waals surface area contributed by atoms with Gasteiger partial charge in [0.15, 0.2) is 0 Å². The van der Waals surface area contributed by atoms with Gasteiger partial charge in [-0.05, 0) is 25.2 Å². The van der Waals surface area contributed by atoms with Gasteiger partial charge in [0.1, 0.15) is 11.6 Å². The van der Waals surface area contributed by atoms with Gasteiger partial charge in [-0.1, -0.05) is 35.9 Å². The number of hydrogen-bond donors (Lipinski definition) is 1. The number of halogens is 3. The van der Waals surface area contributed by atoms with Crippen LogP contribution in [0.1, 0.15) is 17.2 Å². The van der Waals surface area contributed by atoms with Crippen LogP contribution in [0.2, 0.25) is 5.02 Å². The van der Waals surface area contributed by atoms with Crippen LogP contribution in [0.25, 0.3) is 0 Å². The summed E-state index contributed by atoms with van der Waals surface area (Å²) in [6, 6.07) is 10.1. The van der Waals surface area contributed by atoms with Crippen molar-refractivity contribution in [1.82, 2.24) is 5.32 Å². The van der Waals surface area contributed by atoms with E-state index in [1.807, 2.05) is 0 Å². The first-order valence-corrected chi connectivity index (χ1v) is 5.88. The molecule has 4 heteroatoms. The Bertz CT molecular complexity index is 557. The van der Waals surface area contributed by atoms with E-state index < -0.39 is 11.9 Å². The minimum Gasteiger partial charge on any atom is -0.309 e. The highest BCUT2D eigenvalue weighted by molar-refractivity contribution is 6.30. The van der Waals surface area contributed by atoms with E-state index in [0.717, 1.165) is 0 Å². The van der Waals surface area contributed by atoms with Gasteiger partial charge in [-0.2, -0.15) is 0 Å². The Hall–Kier alpha value is -1.45. The molecule has 0 heterocycles. The lowest BCUT2D eigenvalue weighted by Gasteiger charge is -2.18. The van der Waals surface area contributed by atoms with Crippen molar-refractivity contribution in [2.75, 3.05) is 7.05 Å². The molecule has 0 aliphatic rings. The van der Waals surface area contributed by atoms with E-state index in [9.17, 15) is 8.78 Å². The van der Waals surface area contributed by atoms with E-state index in [0.29, 0.717) is 16.1 Å². The predicted octanol–water partition coefficient (Wildman–Crippen LogP) is 3.93. The lowest BCUT2D eigenvalue weighted by Crippen LogP contribution is -2.20. The van der Waals surface area contributed by atoms with Crippen LogP contribution in [0.15, 0.2) is 42.5 Å². The third kappa shape index (κ3) is 2.52. The second-order valence-electron chi connectivity index (χ2n) is 3.91. The maximum atomic E-state index is 13.9. The summed E-state index contributed by atoms with van der Waals surface area (Å²) in [5.41, 5.74) is 0.772. The number of hydrogen-bond acceptors (Lipinski definition) is 1. The molecule has 0 saturated carbocycles. The zero-order valence-electron chi connectivity index (χ0n) is 9.75. The summed E-state index contributed by atoms with van der Waals surface area (Å²) >= 11 is 5.71. The highest BCUT2D eigenvalue weighted by atomic mass is 35.5. The third-order valence-corrected chi connectivity index (χ3v) is 3.01. The van der Waals surface area contributed by atoms with Gasteiger partial charge < -0.3 is 5.32 Å². The average Bonchev–Trinajstić information content (AvgIpc) is 2.34. The Kier molecular flexibility index (Phi) is 3.94. The normalized spacial score (nSPS) is 12.4. The van der Waals surface area contributed by atoms with Crippen molar-refractivity contribution in [2.45, 2.75) is 6.04 Å². The maximum absolute atomic E-state index is 13.9. The lowest BCUT2D eigenvalue weighted by atomic mass is 9.98. The molecule has 2 aromatic carbocycles. The van der Waals surface area contributed by atoms with Crippen LogP contribution in [0.5, 0.6) is 0 Å². The molecule has 94 valence electrons. The van der Waals surface area contributed by atoms with Crippen LogP contribution < -0.4 is 5.32 Å². The van der Waals surface area contributed by atoms with Gasteiger partial charge in [-0.3, -0.25) is 0 Å². The molecule has 0 spiro atoms. The minimum atomic E-state index is -0.538. The largest absolute Gasteiger partial charge is 0.309 e. The van der Waals surface area contributed by atoms with Gasteiger partial charge >= 0.3 is 0 Å². The second-order valence-corrected chi connectivity index (χ2v) is 4.35. The molecule has 0 radical (unpaired) electrons. The van der Waals surface area contributed by atoms with E-state index in [4.69, 9.17) is 11.6 Å². The average molecular weight is 268 g/mol. The summed E-state index contributed by atoms with van der Waals surface area (Å²) in [7, 11) is 1.66. The number of benzene rings is 2. The molecule has 18 heavy (non-hydrogen) atoms. The van der Waals surface area contributed by atoms with Crippen LogP contribution in [0.3, 0.4) is 0 Å². The molecule has 0 saturated heterocycles. The van der Waals surface area contributed by atoms with Crippen molar-refractivity contribution in [3.8, 4) is 0 Å². The zero-order valence-corrected chi connectivity index (χ0v) is 10.5. The van der Waals surface area contributed by atoms with Crippen molar-refractivity contribution < 1.29 is 8.78 Å². The molecular weight excluding hydrogens is 256 g/mol. The Labute approximate surface area is 109 Å². The summed E-state index contributed by atoms with van der Waals surface area (Å²) in [6.45, 7) is 0. The lowest BCUT2D eigenvalue weighted by molar-refractivity contribution is 0.547. The standard InChI is InChI=1S/C14H12ClF2N/c1-18-14(10-4-2-3-5-12(10)16)11-7-6-9(15)8-13(11)17/h2-8,14,18H,1H3. The molecule has 1 N–H and O–H groups in total. The first-order valence-electron chi connectivity index (χ1n) is 5.50. The number of rotatable bonds is 3. The fourth-order valence-electron chi connectivity index (χ4n) is 1.92. The van der Waals surface area contributed by atoms with Crippen molar-refractivity contribution in [3.05, 3.63) is 70.2 Å². The highest BCUT2D eigenvalue weighted by Gasteiger charge is 2.19. The number of nitrogens with one attached hydrogen (secondary N) is 1. The van der Waals surface area contributed by atoms with E-state index in [-0.39, 0.29) is 5.82 Å². The zero-order chi connectivity index (χ0) is 13.1. The Balaban J connectivity index is 2.49. The summed E-state index contributed by atoms with van der Waals surface area (Å²) in [5.74, 6) is -0.823. The van der Waals surface area contributed by atoms with Crippen LogP contribution in [0, 0.1) is 11.6 Å². The van der Waals surface area contributed by atoms with E-state index in [1.165, 1.54) is 12.1 Å². The van der Waals surface area contributed by atoms with Crippen molar-refractivity contribution >= 4 is 11.6 Å². The van der Waals surface area contributed by atoms with Gasteiger partial charge in [0.05, 0.1) is 6.04 Å². The van der Waals surface area contributed by atoms with Gasteiger partial charge in [-0.15, -0.1) is 0 Å². The summed E-state index contributed by atoms with van der Waals surface area (Å²) in [4.78, 5) is 0. The molecule has 0 aliphatic heterocycles. The highest BCUT2D eigenvalue weighted by Crippen LogP contribution is 2.27. The smallest absolute Gasteiger partial charge is 0.129 e. The molecule has 0 bridgehead atoms. The van der Waals surface area contributed by atoms with Gasteiger partial charge in [0, 0.05) is 16.1 Å². The first kappa shape index (κ1) is 13.0. The van der Waals surface area contributed by atoms with Gasteiger partial charge in [0.25, 0.3) is 0 Å². The molecule has 0 aromatic heterocycles. The molecule has 1 unspecified atom stereocenters. The molecular formula is C14H12ClF2N. The molecule has 1 nitrogen and oxygen atoms in total. The molecule has 0 aliphatic carbocycles. The topological polar surface area (TPSA) is 12.0 Å². The molecule has 2 aromatic rings. The first-order chi connectivity index (χ1) is 8.63. The SMILES string of the molecule is CNC(c1ccccc1F)c1ccc(Cl)cc1F. The van der Waals surface area contributed by atoms with Crippen LogP contribution in [-0.2, 0) is 0 Å². The molecule has 0 amide bonds. The van der Waals surface area contributed by atoms with E-state index >= 15 is 0 Å². The maximum Gasteiger partial charge on any atom is 0.129 e. The summed E-state index contributed by atoms with van der Waals surface area (Å²) in [6.07, 6.45) is 0. The van der Waals surface area contributed by atoms with E-state index in [2.05, 4.69) is 5.32 Å². The van der Waals surface area contributed by atoms with Crippen LogP contribution in [-0.4, -0.2) is 7.05 Å². The van der Waals surface area contributed by atoms with Crippen LogP contribution >= 0.6 is 11.6 Å². The van der Waals surface area contributed by atoms with Crippen molar-refractivity contribution in [3.63, 3.8) is 0 Å². The fourth-order valence-corrected chi connectivity index (χ4v) is 2.08. The Morgan fingerprint density at radius 3 is 2.28 bits per heavy atom. The van der Waals surface area contributed by atoms with Gasteiger partial charge in [-0.25, -0.2) is 8.78 Å². The Morgan fingerprint density at radius 2 is 1.67 bits per heavy atom. The quantitative estimate of drug-likeness (QED) is 0.889. The second kappa shape index (κ2) is 5.46. The molecule has 2 rings (SSSR count). The monoisotopic (exact) mass is 267 g/mol. The summed E-state index contributed by atoms with van der Waals surface area (Å²) < 4.78 is 27.6. The third-order valence-electron chi connectivity index (χ3n) is 2.78. The van der Waals surface area contributed by atoms with E-state index in [1.54, 1.807) is 37.4 Å². The Morgan fingerprint density at radius 1 is 1.00 bits per heavy atom. The molecule has 1 atom stereocenters. The van der Waals surface area contributed by atoms with Crippen LogP contribution in [0.4, 0.5) is 8.78 Å². The molecule has 0 fully saturated rings. The van der Waals surface area contributed by atoms with Crippen molar-refractivity contribution in [1.29, 1.82) is 0 Å². The van der Waals surface area contributed by atoms with Gasteiger partial charge in [0.2, 0.25) is 0 Å². The summed E-state index contributed by atoms with van der Waals surface area (Å²) in [5, 5.41) is 3.23. The van der Waals surface area contributed by atoms with Crippen molar-refractivity contribution in [2.24, 2.45) is 0 Å². The predicted molar refractivity (Wildman–Crippen MR) is 68.7 cm³/mol.